The normalized spacial score (nSPS) is 23.5. The molecule has 1 aromatic rings. The number of likely N-dealkylation sites (tertiary alicyclic amines) is 1. The maximum Gasteiger partial charge on any atom is 0.321 e. The highest BCUT2D eigenvalue weighted by atomic mass is 19.1. The van der Waals surface area contributed by atoms with Crippen LogP contribution >= 0.6 is 0 Å². The van der Waals surface area contributed by atoms with Gasteiger partial charge in [0.05, 0.1) is 11.5 Å². The third kappa shape index (κ3) is 2.79. The van der Waals surface area contributed by atoms with Crippen LogP contribution in [0.25, 0.3) is 0 Å². The lowest BCUT2D eigenvalue weighted by molar-refractivity contribution is -0.142. The monoisotopic (exact) mass is 335 g/mol. The maximum atomic E-state index is 14.1. The molecule has 2 atom stereocenters. The van der Waals surface area contributed by atoms with Crippen LogP contribution < -0.4 is 10.2 Å². The molecule has 2 aliphatic heterocycles. The minimum absolute atomic E-state index is 0.0587. The number of anilines is 1. The summed E-state index contributed by atoms with van der Waals surface area (Å²) in [5.41, 5.74) is 0.294. The van der Waals surface area contributed by atoms with Crippen LogP contribution in [0.15, 0.2) is 18.2 Å². The Bertz CT molecular complexity index is 709. The van der Waals surface area contributed by atoms with Gasteiger partial charge in [-0.25, -0.2) is 9.18 Å². The van der Waals surface area contributed by atoms with Crippen molar-refractivity contribution in [1.29, 1.82) is 0 Å². The van der Waals surface area contributed by atoms with E-state index >= 15 is 0 Å². The fourth-order valence-corrected chi connectivity index (χ4v) is 3.19. The minimum atomic E-state index is -0.958. The van der Waals surface area contributed by atoms with Crippen LogP contribution in [0.5, 0.6) is 0 Å². The second kappa shape index (κ2) is 6.10. The molecular weight excluding hydrogens is 317 g/mol. The van der Waals surface area contributed by atoms with Crippen LogP contribution in [-0.2, 0) is 4.79 Å². The number of carboxylic acids is 1. The SMILES string of the molecule is C[C@@H]1CN(C(=O)c2cc(N3CCNC3=O)ccc2F)C[C@H]1C(=O)O. The quantitative estimate of drug-likeness (QED) is 0.867. The smallest absolute Gasteiger partial charge is 0.321 e. The van der Waals surface area contributed by atoms with E-state index < -0.39 is 23.6 Å². The standard InChI is InChI=1S/C16H18FN3O4/c1-9-7-19(8-12(9)15(22)23)14(21)11-6-10(2-3-13(11)17)20-5-4-18-16(20)24/h2-3,6,9,12H,4-5,7-8H2,1H3,(H,18,24)(H,22,23)/t9-,12-/m1/s1. The molecule has 0 aromatic heterocycles. The number of urea groups is 1. The Morgan fingerprint density at radius 3 is 2.67 bits per heavy atom. The molecule has 2 saturated heterocycles. The van der Waals surface area contributed by atoms with Gasteiger partial charge in [-0.1, -0.05) is 6.92 Å². The van der Waals surface area contributed by atoms with E-state index in [1.165, 1.54) is 21.9 Å². The number of carbonyl (C=O) groups excluding carboxylic acids is 2. The van der Waals surface area contributed by atoms with Gasteiger partial charge in [0.25, 0.3) is 5.91 Å². The average Bonchev–Trinajstić information content (AvgIpc) is 3.13. The lowest BCUT2D eigenvalue weighted by atomic mass is 9.99. The lowest BCUT2D eigenvalue weighted by Crippen LogP contribution is -2.31. The fraction of sp³-hybridized carbons (Fsp3) is 0.438. The second-order valence-corrected chi connectivity index (χ2v) is 6.18. The summed E-state index contributed by atoms with van der Waals surface area (Å²) in [7, 11) is 0. The number of benzene rings is 1. The average molecular weight is 335 g/mol. The molecule has 8 heteroatoms. The van der Waals surface area contributed by atoms with Gasteiger partial charge in [0, 0.05) is 31.9 Å². The van der Waals surface area contributed by atoms with Gasteiger partial charge in [-0.2, -0.15) is 0 Å². The van der Waals surface area contributed by atoms with Crippen molar-refractivity contribution in [2.75, 3.05) is 31.1 Å². The fourth-order valence-electron chi connectivity index (χ4n) is 3.19. The van der Waals surface area contributed by atoms with Crippen LogP contribution in [-0.4, -0.2) is 54.1 Å². The Labute approximate surface area is 138 Å². The van der Waals surface area contributed by atoms with Crippen molar-refractivity contribution in [1.82, 2.24) is 10.2 Å². The van der Waals surface area contributed by atoms with Gasteiger partial charge in [0.15, 0.2) is 0 Å². The van der Waals surface area contributed by atoms with Crippen molar-refractivity contribution in [3.05, 3.63) is 29.6 Å². The van der Waals surface area contributed by atoms with Gasteiger partial charge in [-0.3, -0.25) is 14.5 Å². The third-order valence-corrected chi connectivity index (χ3v) is 4.57. The summed E-state index contributed by atoms with van der Waals surface area (Å²) < 4.78 is 14.1. The Balaban J connectivity index is 1.85. The van der Waals surface area contributed by atoms with Crippen molar-refractivity contribution in [3.8, 4) is 0 Å². The molecule has 0 unspecified atom stereocenters. The molecule has 2 N–H and O–H groups in total. The number of nitrogens with zero attached hydrogens (tertiary/aromatic N) is 2. The Morgan fingerprint density at radius 1 is 1.33 bits per heavy atom. The van der Waals surface area contributed by atoms with Gasteiger partial charge in [0.2, 0.25) is 0 Å². The number of hydrogen-bond acceptors (Lipinski definition) is 3. The molecule has 0 radical (unpaired) electrons. The number of carboxylic acid groups (broad SMARTS) is 1. The first-order valence-electron chi connectivity index (χ1n) is 7.75. The second-order valence-electron chi connectivity index (χ2n) is 6.18. The van der Waals surface area contributed by atoms with Crippen molar-refractivity contribution < 1.29 is 23.9 Å². The topological polar surface area (TPSA) is 90.0 Å². The number of aliphatic carboxylic acids is 1. The number of carbonyl (C=O) groups is 3. The molecule has 2 fully saturated rings. The van der Waals surface area contributed by atoms with Crippen LogP contribution in [0.1, 0.15) is 17.3 Å². The first-order chi connectivity index (χ1) is 11.4. The summed E-state index contributed by atoms with van der Waals surface area (Å²) in [5, 5.41) is 11.8. The zero-order chi connectivity index (χ0) is 17.4. The van der Waals surface area contributed by atoms with E-state index in [-0.39, 0.29) is 30.6 Å². The summed E-state index contributed by atoms with van der Waals surface area (Å²) in [6.45, 7) is 3.02. The summed E-state index contributed by atoms with van der Waals surface area (Å²) in [4.78, 5) is 38.3. The maximum absolute atomic E-state index is 14.1. The largest absolute Gasteiger partial charge is 0.481 e. The van der Waals surface area contributed by atoms with Gasteiger partial charge in [-0.05, 0) is 24.1 Å². The molecular formula is C16H18FN3O4. The van der Waals surface area contributed by atoms with Gasteiger partial charge in [0.1, 0.15) is 5.82 Å². The van der Waals surface area contributed by atoms with Crippen LogP contribution in [0.2, 0.25) is 0 Å². The van der Waals surface area contributed by atoms with Gasteiger partial charge >= 0.3 is 12.0 Å². The number of amides is 3. The molecule has 128 valence electrons. The Morgan fingerprint density at radius 2 is 2.08 bits per heavy atom. The molecule has 1 aromatic carbocycles. The van der Waals surface area contributed by atoms with Crippen LogP contribution in [0, 0.1) is 17.7 Å². The van der Waals surface area contributed by atoms with Crippen molar-refractivity contribution >= 4 is 23.6 Å². The minimum Gasteiger partial charge on any atom is -0.481 e. The highest BCUT2D eigenvalue weighted by Crippen LogP contribution is 2.27. The molecule has 0 spiro atoms. The van der Waals surface area contributed by atoms with E-state index in [0.29, 0.717) is 18.8 Å². The third-order valence-electron chi connectivity index (χ3n) is 4.57. The van der Waals surface area contributed by atoms with E-state index in [9.17, 15) is 18.8 Å². The molecule has 0 aliphatic carbocycles. The zero-order valence-corrected chi connectivity index (χ0v) is 13.2. The van der Waals surface area contributed by atoms with Crippen molar-refractivity contribution in [2.24, 2.45) is 11.8 Å². The van der Waals surface area contributed by atoms with E-state index in [1.54, 1.807) is 6.92 Å². The van der Waals surface area contributed by atoms with Gasteiger partial charge in [-0.15, -0.1) is 0 Å². The molecule has 0 bridgehead atoms. The highest BCUT2D eigenvalue weighted by molar-refractivity contribution is 5.99. The molecule has 2 heterocycles. The van der Waals surface area contributed by atoms with Crippen LogP contribution in [0.4, 0.5) is 14.9 Å². The number of halogens is 1. The zero-order valence-electron chi connectivity index (χ0n) is 13.2. The molecule has 0 saturated carbocycles. The van der Waals surface area contributed by atoms with Crippen LogP contribution in [0.3, 0.4) is 0 Å². The first kappa shape index (κ1) is 16.2. The molecule has 3 rings (SSSR count). The van der Waals surface area contributed by atoms with E-state index in [1.807, 2.05) is 0 Å². The number of nitrogens with one attached hydrogen (secondary N) is 1. The van der Waals surface area contributed by atoms with E-state index in [2.05, 4.69) is 5.32 Å². The lowest BCUT2D eigenvalue weighted by Gasteiger charge is -2.19. The van der Waals surface area contributed by atoms with Crippen molar-refractivity contribution in [2.45, 2.75) is 6.92 Å². The molecule has 7 nitrogen and oxygen atoms in total. The summed E-state index contributed by atoms with van der Waals surface area (Å²) >= 11 is 0. The number of rotatable bonds is 3. The Kier molecular flexibility index (Phi) is 4.13. The van der Waals surface area contributed by atoms with Gasteiger partial charge < -0.3 is 15.3 Å². The predicted octanol–water partition coefficient (Wildman–Crippen LogP) is 1.15. The summed E-state index contributed by atoms with van der Waals surface area (Å²) in [5.74, 6) is -3.04. The van der Waals surface area contributed by atoms with Crippen molar-refractivity contribution in [3.63, 3.8) is 0 Å². The highest BCUT2D eigenvalue weighted by Gasteiger charge is 2.38. The van der Waals surface area contributed by atoms with E-state index in [0.717, 1.165) is 6.07 Å². The molecule has 2 aliphatic rings. The first-order valence-corrected chi connectivity index (χ1v) is 7.75. The molecule has 24 heavy (non-hydrogen) atoms. The Hall–Kier alpha value is -2.64. The molecule has 3 amide bonds. The number of hydrogen-bond donors (Lipinski definition) is 2. The summed E-state index contributed by atoms with van der Waals surface area (Å²) in [6, 6.07) is 3.66. The summed E-state index contributed by atoms with van der Waals surface area (Å²) in [6.07, 6.45) is 0. The van der Waals surface area contributed by atoms with E-state index in [4.69, 9.17) is 5.11 Å². The predicted molar refractivity (Wildman–Crippen MR) is 83.3 cm³/mol.